The van der Waals surface area contributed by atoms with Gasteiger partial charge in [-0.15, -0.1) is 11.3 Å². The number of thiophene rings is 1. The summed E-state index contributed by atoms with van der Waals surface area (Å²) in [6.45, 7) is 7.82. The highest BCUT2D eigenvalue weighted by molar-refractivity contribution is 7.18. The van der Waals surface area contributed by atoms with E-state index >= 15 is 0 Å². The zero-order valence-corrected chi connectivity index (χ0v) is 11.4. The number of Topliss-reactive ketones (excluding diaryl/α,β-unsaturated/α-hetero) is 1. The first-order valence-corrected chi connectivity index (χ1v) is 6.59. The van der Waals surface area contributed by atoms with Crippen LogP contribution in [0.3, 0.4) is 0 Å². The van der Waals surface area contributed by atoms with Crippen LogP contribution in [0.4, 0.5) is 0 Å². The maximum absolute atomic E-state index is 11.7. The summed E-state index contributed by atoms with van der Waals surface area (Å²) in [5, 5.41) is 1.08. The van der Waals surface area contributed by atoms with E-state index < -0.39 is 0 Å². The van der Waals surface area contributed by atoms with Crippen molar-refractivity contribution in [2.75, 3.05) is 0 Å². The third-order valence-corrected chi connectivity index (χ3v) is 4.34. The number of aryl methyl sites for hydroxylation is 2. The fourth-order valence-electron chi connectivity index (χ4n) is 2.15. The van der Waals surface area contributed by atoms with Crippen LogP contribution in [0.1, 0.15) is 42.3 Å². The standard InChI is InChI=1S/C13H16N2OS/c1-5-10(8(3)16)12-11-7(2)9(4)17-13(11)15-6-14-12/h6,10H,5H2,1-4H3. The predicted molar refractivity (Wildman–Crippen MR) is 70.6 cm³/mol. The first-order chi connectivity index (χ1) is 8.06. The molecule has 0 spiro atoms. The van der Waals surface area contributed by atoms with Gasteiger partial charge in [-0.3, -0.25) is 4.79 Å². The number of carbonyl (C=O) groups excluding carboxylic acids is 1. The maximum atomic E-state index is 11.7. The van der Waals surface area contributed by atoms with Crippen LogP contribution in [0, 0.1) is 13.8 Å². The van der Waals surface area contributed by atoms with Gasteiger partial charge in [0.15, 0.2) is 0 Å². The molecule has 2 aromatic rings. The number of ketones is 1. The summed E-state index contributed by atoms with van der Waals surface area (Å²) in [5.74, 6) is 0.0731. The van der Waals surface area contributed by atoms with Gasteiger partial charge in [-0.1, -0.05) is 6.92 Å². The van der Waals surface area contributed by atoms with Crippen molar-refractivity contribution < 1.29 is 4.79 Å². The Morgan fingerprint density at radius 1 is 1.41 bits per heavy atom. The van der Waals surface area contributed by atoms with Crippen molar-refractivity contribution in [3.05, 3.63) is 22.5 Å². The quantitative estimate of drug-likeness (QED) is 0.836. The zero-order chi connectivity index (χ0) is 12.6. The highest BCUT2D eigenvalue weighted by Gasteiger charge is 2.21. The van der Waals surface area contributed by atoms with Gasteiger partial charge in [0.1, 0.15) is 16.9 Å². The number of nitrogens with zero attached hydrogens (tertiary/aromatic N) is 2. The summed E-state index contributed by atoms with van der Waals surface area (Å²) in [6.07, 6.45) is 2.36. The van der Waals surface area contributed by atoms with Crippen LogP contribution in [0.25, 0.3) is 10.2 Å². The molecule has 0 aliphatic rings. The molecule has 0 saturated heterocycles. The minimum atomic E-state index is -0.104. The molecule has 2 heterocycles. The van der Waals surface area contributed by atoms with Crippen molar-refractivity contribution in [3.8, 4) is 0 Å². The average molecular weight is 248 g/mol. The maximum Gasteiger partial charge on any atom is 0.138 e. The molecule has 90 valence electrons. The largest absolute Gasteiger partial charge is 0.299 e. The van der Waals surface area contributed by atoms with Gasteiger partial charge >= 0.3 is 0 Å². The molecule has 0 N–H and O–H groups in total. The van der Waals surface area contributed by atoms with Gasteiger partial charge in [0.2, 0.25) is 0 Å². The van der Waals surface area contributed by atoms with Crippen LogP contribution in [0.2, 0.25) is 0 Å². The summed E-state index contributed by atoms with van der Waals surface area (Å²) >= 11 is 1.67. The van der Waals surface area contributed by atoms with Crippen LogP contribution < -0.4 is 0 Å². The van der Waals surface area contributed by atoms with E-state index in [-0.39, 0.29) is 11.7 Å². The van der Waals surface area contributed by atoms with E-state index in [1.807, 2.05) is 6.92 Å². The topological polar surface area (TPSA) is 42.9 Å². The molecule has 17 heavy (non-hydrogen) atoms. The predicted octanol–water partition coefficient (Wildman–Crippen LogP) is 3.39. The van der Waals surface area contributed by atoms with Crippen molar-refractivity contribution in [2.24, 2.45) is 0 Å². The third kappa shape index (κ3) is 1.97. The van der Waals surface area contributed by atoms with Crippen molar-refractivity contribution in [1.29, 1.82) is 0 Å². The monoisotopic (exact) mass is 248 g/mol. The van der Waals surface area contributed by atoms with Gasteiger partial charge < -0.3 is 0 Å². The van der Waals surface area contributed by atoms with Crippen LogP contribution >= 0.6 is 11.3 Å². The molecule has 2 rings (SSSR count). The lowest BCUT2D eigenvalue weighted by atomic mass is 9.94. The van der Waals surface area contributed by atoms with Gasteiger partial charge in [0.05, 0.1) is 11.6 Å². The summed E-state index contributed by atoms with van der Waals surface area (Å²) < 4.78 is 0. The summed E-state index contributed by atoms with van der Waals surface area (Å²) in [6, 6.07) is 0. The molecule has 1 atom stereocenters. The van der Waals surface area contributed by atoms with E-state index in [2.05, 4.69) is 23.8 Å². The Kier molecular flexibility index (Phi) is 3.24. The Balaban J connectivity index is 2.72. The van der Waals surface area contributed by atoms with Crippen LogP contribution in [-0.4, -0.2) is 15.8 Å². The minimum Gasteiger partial charge on any atom is -0.299 e. The molecule has 0 bridgehead atoms. The van der Waals surface area contributed by atoms with E-state index in [9.17, 15) is 4.79 Å². The third-order valence-electron chi connectivity index (χ3n) is 3.22. The molecule has 4 heteroatoms. The summed E-state index contributed by atoms with van der Waals surface area (Å²) in [7, 11) is 0. The molecule has 0 aliphatic heterocycles. The van der Waals surface area contributed by atoms with E-state index in [0.717, 1.165) is 22.3 Å². The van der Waals surface area contributed by atoms with Crippen molar-refractivity contribution in [3.63, 3.8) is 0 Å². The average Bonchev–Trinajstić information content (AvgIpc) is 2.56. The number of rotatable bonds is 3. The molecule has 3 nitrogen and oxygen atoms in total. The Labute approximate surface area is 105 Å². The van der Waals surface area contributed by atoms with Gasteiger partial charge in [0.25, 0.3) is 0 Å². The van der Waals surface area contributed by atoms with Gasteiger partial charge in [-0.25, -0.2) is 9.97 Å². The minimum absolute atomic E-state index is 0.104. The molecular formula is C13H16N2OS. The van der Waals surface area contributed by atoms with Crippen molar-refractivity contribution >= 4 is 27.3 Å². The fraction of sp³-hybridized carbons (Fsp3) is 0.462. The van der Waals surface area contributed by atoms with E-state index in [1.54, 1.807) is 24.6 Å². The molecule has 0 aromatic carbocycles. The molecule has 0 saturated carbocycles. The smallest absolute Gasteiger partial charge is 0.138 e. The Bertz CT molecular complexity index is 574. The lowest BCUT2D eigenvalue weighted by Gasteiger charge is -2.11. The number of aromatic nitrogens is 2. The molecule has 0 fully saturated rings. The lowest BCUT2D eigenvalue weighted by Crippen LogP contribution is -2.10. The highest BCUT2D eigenvalue weighted by Crippen LogP contribution is 2.34. The second kappa shape index (κ2) is 4.53. The molecule has 0 amide bonds. The Morgan fingerprint density at radius 3 is 2.71 bits per heavy atom. The number of fused-ring (bicyclic) bond motifs is 1. The normalized spacial score (nSPS) is 12.9. The fourth-order valence-corrected chi connectivity index (χ4v) is 3.15. The van der Waals surface area contributed by atoms with Crippen LogP contribution in [-0.2, 0) is 4.79 Å². The van der Waals surface area contributed by atoms with E-state index in [4.69, 9.17) is 0 Å². The van der Waals surface area contributed by atoms with Crippen molar-refractivity contribution in [2.45, 2.75) is 40.0 Å². The van der Waals surface area contributed by atoms with E-state index in [0.29, 0.717) is 0 Å². The molecule has 1 unspecified atom stereocenters. The lowest BCUT2D eigenvalue weighted by molar-refractivity contribution is -0.118. The first-order valence-electron chi connectivity index (χ1n) is 5.77. The van der Waals surface area contributed by atoms with Crippen LogP contribution in [0.5, 0.6) is 0 Å². The Hall–Kier alpha value is -1.29. The molecule has 0 aliphatic carbocycles. The number of hydrogen-bond acceptors (Lipinski definition) is 4. The molecular weight excluding hydrogens is 232 g/mol. The highest BCUT2D eigenvalue weighted by atomic mass is 32.1. The van der Waals surface area contributed by atoms with E-state index in [1.165, 1.54) is 10.4 Å². The molecule has 0 radical (unpaired) electrons. The second-order valence-corrected chi connectivity index (χ2v) is 5.50. The number of hydrogen-bond donors (Lipinski definition) is 0. The molecule has 2 aromatic heterocycles. The van der Waals surface area contributed by atoms with Gasteiger partial charge in [-0.05, 0) is 32.8 Å². The van der Waals surface area contributed by atoms with Crippen molar-refractivity contribution in [1.82, 2.24) is 9.97 Å². The van der Waals surface area contributed by atoms with Gasteiger partial charge in [-0.2, -0.15) is 0 Å². The number of carbonyl (C=O) groups is 1. The first kappa shape index (κ1) is 12.2. The van der Waals surface area contributed by atoms with Crippen LogP contribution in [0.15, 0.2) is 6.33 Å². The second-order valence-electron chi connectivity index (χ2n) is 4.29. The van der Waals surface area contributed by atoms with Gasteiger partial charge in [0, 0.05) is 10.3 Å². The summed E-state index contributed by atoms with van der Waals surface area (Å²) in [4.78, 5) is 22.6. The summed E-state index contributed by atoms with van der Waals surface area (Å²) in [5.41, 5.74) is 2.10. The SMILES string of the molecule is CCC(C(C)=O)c1ncnc2sc(C)c(C)c12. The zero-order valence-electron chi connectivity index (χ0n) is 10.6. The Morgan fingerprint density at radius 2 is 2.12 bits per heavy atom.